The number of aliphatic hydroxyl groups is 1. The number of benzene rings is 1. The third-order valence-electron chi connectivity index (χ3n) is 2.75. The summed E-state index contributed by atoms with van der Waals surface area (Å²) >= 11 is 0. The van der Waals surface area contributed by atoms with E-state index in [4.69, 9.17) is 10.2 Å². The van der Waals surface area contributed by atoms with Crippen molar-refractivity contribution < 1.29 is 33.3 Å². The molecule has 1 aromatic rings. The number of cyclic esters (lactones) is 1. The van der Waals surface area contributed by atoms with Gasteiger partial charge in [-0.3, -0.25) is 0 Å². The molecule has 102 valence electrons. The molecule has 0 radical (unpaired) electrons. The fourth-order valence-electron chi connectivity index (χ4n) is 1.92. The highest BCUT2D eigenvalue weighted by Gasteiger charge is 2.46. The number of carboxylic acid groups (broad SMARTS) is 1. The van der Waals surface area contributed by atoms with Crippen LogP contribution in [0.4, 0.5) is 18.4 Å². The Morgan fingerprint density at radius 1 is 1.37 bits per heavy atom. The maximum absolute atomic E-state index is 13.2. The number of amides is 2. The molecule has 0 unspecified atom stereocenters. The van der Waals surface area contributed by atoms with Crippen LogP contribution in [0.2, 0.25) is 0 Å². The van der Waals surface area contributed by atoms with Gasteiger partial charge < -0.3 is 14.9 Å². The maximum Gasteiger partial charge on any atom is 0.420 e. The van der Waals surface area contributed by atoms with Crippen LogP contribution in [-0.4, -0.2) is 40.0 Å². The van der Waals surface area contributed by atoms with Gasteiger partial charge in [-0.2, -0.15) is 0 Å². The van der Waals surface area contributed by atoms with Crippen molar-refractivity contribution in [2.24, 2.45) is 0 Å². The van der Waals surface area contributed by atoms with Crippen LogP contribution < -0.4 is 0 Å². The van der Waals surface area contributed by atoms with Gasteiger partial charge in [-0.25, -0.2) is 23.3 Å². The van der Waals surface area contributed by atoms with Crippen molar-refractivity contribution in [2.75, 3.05) is 6.61 Å². The minimum atomic E-state index is -1.60. The number of ether oxygens (including phenoxy) is 1. The number of hydrogen-bond donors (Lipinski definition) is 2. The first-order valence-corrected chi connectivity index (χ1v) is 5.24. The first-order valence-electron chi connectivity index (χ1n) is 5.24. The molecule has 2 N–H and O–H groups in total. The zero-order valence-corrected chi connectivity index (χ0v) is 9.42. The second-order valence-corrected chi connectivity index (χ2v) is 3.88. The van der Waals surface area contributed by atoms with Crippen LogP contribution in [0.25, 0.3) is 0 Å². The molecule has 2 amide bonds. The summed E-state index contributed by atoms with van der Waals surface area (Å²) in [6.45, 7) is -0.640. The van der Waals surface area contributed by atoms with E-state index >= 15 is 0 Å². The van der Waals surface area contributed by atoms with E-state index in [9.17, 15) is 18.4 Å². The van der Waals surface area contributed by atoms with Crippen LogP contribution in [0, 0.1) is 11.6 Å². The van der Waals surface area contributed by atoms with Crippen molar-refractivity contribution in [3.63, 3.8) is 0 Å². The maximum atomic E-state index is 13.2. The van der Waals surface area contributed by atoms with E-state index in [1.165, 1.54) is 0 Å². The second kappa shape index (κ2) is 4.81. The average molecular weight is 273 g/mol. The fraction of sp³-hybridized carbons (Fsp3) is 0.273. The smallest absolute Gasteiger partial charge is 0.420 e. The van der Waals surface area contributed by atoms with Gasteiger partial charge in [0.05, 0.1) is 6.61 Å². The summed E-state index contributed by atoms with van der Waals surface area (Å²) in [5, 5.41) is 18.0. The fourth-order valence-corrected chi connectivity index (χ4v) is 1.92. The topological polar surface area (TPSA) is 87.1 Å². The molecule has 19 heavy (non-hydrogen) atoms. The standard InChI is InChI=1S/C11H9F2NO5/c12-6-2-1-5(3-7(6)13)9-8(4-15)19-11(18)14(9)10(16)17/h1-3,8-9,15H,4H2,(H,16,17)/t8-,9-/m1/s1. The van der Waals surface area contributed by atoms with Crippen molar-refractivity contribution in [2.45, 2.75) is 12.1 Å². The highest BCUT2D eigenvalue weighted by atomic mass is 19.2. The van der Waals surface area contributed by atoms with Crippen LogP contribution in [0.15, 0.2) is 18.2 Å². The third kappa shape index (κ3) is 2.22. The quantitative estimate of drug-likeness (QED) is 0.852. The molecule has 0 aliphatic carbocycles. The molecule has 2 rings (SSSR count). The third-order valence-corrected chi connectivity index (χ3v) is 2.75. The van der Waals surface area contributed by atoms with Crippen molar-refractivity contribution in [3.05, 3.63) is 35.4 Å². The summed E-state index contributed by atoms with van der Waals surface area (Å²) in [4.78, 5) is 22.7. The highest BCUT2D eigenvalue weighted by molar-refractivity contribution is 5.89. The average Bonchev–Trinajstić information content (AvgIpc) is 2.69. The number of nitrogens with zero attached hydrogens (tertiary/aromatic N) is 1. The predicted octanol–water partition coefficient (Wildman–Crippen LogP) is 1.50. The molecule has 1 aliphatic heterocycles. The molecule has 1 aliphatic rings. The molecule has 8 heteroatoms. The summed E-state index contributed by atoms with van der Waals surface area (Å²) in [5.74, 6) is -2.28. The zero-order chi connectivity index (χ0) is 14.2. The van der Waals surface area contributed by atoms with E-state index in [-0.39, 0.29) is 5.56 Å². The van der Waals surface area contributed by atoms with Gasteiger partial charge in [0.25, 0.3) is 0 Å². The molecule has 1 heterocycles. The van der Waals surface area contributed by atoms with E-state index in [2.05, 4.69) is 4.74 Å². The number of carbonyl (C=O) groups excluding carboxylic acids is 1. The SMILES string of the molecule is O=C(O)N1C(=O)O[C@H](CO)[C@H]1c1ccc(F)c(F)c1. The summed E-state index contributed by atoms with van der Waals surface area (Å²) in [6, 6.07) is 1.48. The van der Waals surface area contributed by atoms with Crippen molar-refractivity contribution in [1.29, 1.82) is 0 Å². The first-order chi connectivity index (χ1) is 8.95. The van der Waals surface area contributed by atoms with Crippen LogP contribution in [0.1, 0.15) is 11.6 Å². The van der Waals surface area contributed by atoms with E-state index in [1.807, 2.05) is 0 Å². The predicted molar refractivity (Wildman–Crippen MR) is 56.3 cm³/mol. The molecule has 0 bridgehead atoms. The Kier molecular flexibility index (Phi) is 3.34. The van der Waals surface area contributed by atoms with Crippen molar-refractivity contribution in [3.8, 4) is 0 Å². The summed E-state index contributed by atoms with van der Waals surface area (Å²) in [6.07, 6.45) is -3.93. The normalized spacial score (nSPS) is 22.5. The number of hydrogen-bond acceptors (Lipinski definition) is 4. The number of aliphatic hydroxyl groups excluding tert-OH is 1. The van der Waals surface area contributed by atoms with Crippen LogP contribution in [-0.2, 0) is 4.74 Å². The van der Waals surface area contributed by atoms with Gasteiger partial charge in [0.15, 0.2) is 17.7 Å². The lowest BCUT2D eigenvalue weighted by atomic mass is 10.0. The Hall–Kier alpha value is -2.22. The molecule has 6 nitrogen and oxygen atoms in total. The Labute approximate surface area is 105 Å². The number of rotatable bonds is 2. The highest BCUT2D eigenvalue weighted by Crippen LogP contribution is 2.33. The van der Waals surface area contributed by atoms with Gasteiger partial charge >= 0.3 is 12.2 Å². The second-order valence-electron chi connectivity index (χ2n) is 3.88. The molecular weight excluding hydrogens is 264 g/mol. The van der Waals surface area contributed by atoms with E-state index < -0.39 is 42.6 Å². The molecule has 1 aromatic carbocycles. The van der Waals surface area contributed by atoms with Crippen LogP contribution in [0.5, 0.6) is 0 Å². The Balaban J connectivity index is 2.45. The van der Waals surface area contributed by atoms with E-state index in [1.54, 1.807) is 0 Å². The van der Waals surface area contributed by atoms with Gasteiger partial charge in [-0.15, -0.1) is 0 Å². The summed E-state index contributed by atoms with van der Waals surface area (Å²) < 4.78 is 30.7. The lowest BCUT2D eigenvalue weighted by Gasteiger charge is -2.20. The molecular formula is C11H9F2NO5. The molecule has 1 saturated heterocycles. The summed E-state index contributed by atoms with van der Waals surface area (Å²) in [7, 11) is 0. The van der Waals surface area contributed by atoms with Crippen LogP contribution in [0.3, 0.4) is 0 Å². The Morgan fingerprint density at radius 3 is 2.58 bits per heavy atom. The van der Waals surface area contributed by atoms with Gasteiger partial charge in [-0.1, -0.05) is 6.07 Å². The molecule has 1 fully saturated rings. The minimum Gasteiger partial charge on any atom is -0.465 e. The van der Waals surface area contributed by atoms with E-state index in [0.29, 0.717) is 4.90 Å². The molecule has 2 atom stereocenters. The van der Waals surface area contributed by atoms with Crippen molar-refractivity contribution in [1.82, 2.24) is 4.90 Å². The molecule has 0 aromatic heterocycles. The van der Waals surface area contributed by atoms with Gasteiger partial charge in [-0.05, 0) is 17.7 Å². The first kappa shape index (κ1) is 13.2. The van der Waals surface area contributed by atoms with Gasteiger partial charge in [0.2, 0.25) is 0 Å². The largest absolute Gasteiger partial charge is 0.465 e. The lowest BCUT2D eigenvalue weighted by molar-refractivity contribution is 0.0825. The number of carbonyl (C=O) groups is 2. The summed E-state index contributed by atoms with van der Waals surface area (Å²) in [5.41, 5.74) is 0.0196. The monoisotopic (exact) mass is 273 g/mol. The van der Waals surface area contributed by atoms with Gasteiger partial charge in [0, 0.05) is 0 Å². The van der Waals surface area contributed by atoms with Crippen LogP contribution >= 0.6 is 0 Å². The Bertz CT molecular complexity index is 536. The molecule has 0 spiro atoms. The van der Waals surface area contributed by atoms with Gasteiger partial charge in [0.1, 0.15) is 6.04 Å². The van der Waals surface area contributed by atoms with Crippen molar-refractivity contribution >= 4 is 12.2 Å². The zero-order valence-electron chi connectivity index (χ0n) is 9.42. The minimum absolute atomic E-state index is 0.0196. The molecule has 0 saturated carbocycles. The number of imide groups is 1. The number of halogens is 2. The van der Waals surface area contributed by atoms with E-state index in [0.717, 1.165) is 18.2 Å². The lowest BCUT2D eigenvalue weighted by Crippen LogP contribution is -2.34. The Morgan fingerprint density at radius 2 is 2.05 bits per heavy atom.